The zero-order valence-corrected chi connectivity index (χ0v) is 10.3. The van der Waals surface area contributed by atoms with Gasteiger partial charge in [0.1, 0.15) is 0 Å². The van der Waals surface area contributed by atoms with E-state index in [4.69, 9.17) is 17.3 Å². The van der Waals surface area contributed by atoms with Gasteiger partial charge >= 0.3 is 6.18 Å². The van der Waals surface area contributed by atoms with Gasteiger partial charge in [-0.15, -0.1) is 0 Å². The largest absolute Gasteiger partial charge is 0.398 e. The van der Waals surface area contributed by atoms with Gasteiger partial charge in [0.2, 0.25) is 0 Å². The molecule has 0 bridgehead atoms. The van der Waals surface area contributed by atoms with Crippen molar-refractivity contribution in [3.8, 4) is 0 Å². The van der Waals surface area contributed by atoms with Gasteiger partial charge in [-0.05, 0) is 12.1 Å². The molecule has 1 aromatic carbocycles. The Morgan fingerprint density at radius 2 is 2.06 bits per heavy atom. The van der Waals surface area contributed by atoms with E-state index in [9.17, 15) is 18.0 Å². The number of hydrogen-bond donors (Lipinski definition) is 1. The molecule has 0 spiro atoms. The average Bonchev–Trinajstić information content (AvgIpc) is 2.24. The predicted octanol–water partition coefficient (Wildman–Crippen LogP) is 2.95. The quantitative estimate of drug-likeness (QED) is 0.865. The van der Waals surface area contributed by atoms with E-state index in [2.05, 4.69) is 0 Å². The lowest BCUT2D eigenvalue weighted by Crippen LogP contribution is -2.31. The Morgan fingerprint density at radius 3 is 2.56 bits per heavy atom. The normalized spacial score (nSPS) is 11.4. The number of anilines is 1. The number of alkyl halides is 3. The minimum absolute atomic E-state index is 0.0313. The summed E-state index contributed by atoms with van der Waals surface area (Å²) in [7, 11) is 1.27. The van der Waals surface area contributed by atoms with Gasteiger partial charge in [-0.3, -0.25) is 4.79 Å². The first-order chi connectivity index (χ1) is 8.22. The third-order valence-corrected chi connectivity index (χ3v) is 2.65. The minimum Gasteiger partial charge on any atom is -0.398 e. The Morgan fingerprint density at radius 1 is 1.44 bits per heavy atom. The second-order valence-electron chi connectivity index (χ2n) is 3.80. The van der Waals surface area contributed by atoms with Crippen molar-refractivity contribution < 1.29 is 18.0 Å². The van der Waals surface area contributed by atoms with E-state index in [-0.39, 0.29) is 16.3 Å². The molecule has 1 aromatic rings. The van der Waals surface area contributed by atoms with Crippen LogP contribution in [0.15, 0.2) is 18.2 Å². The van der Waals surface area contributed by atoms with Crippen LogP contribution in [-0.4, -0.2) is 30.6 Å². The molecule has 2 N–H and O–H groups in total. The van der Waals surface area contributed by atoms with E-state index in [0.29, 0.717) is 0 Å². The third kappa shape index (κ3) is 3.80. The molecule has 7 heteroatoms. The highest BCUT2D eigenvalue weighted by atomic mass is 35.5. The van der Waals surface area contributed by atoms with Crippen LogP contribution in [0, 0.1) is 0 Å². The van der Waals surface area contributed by atoms with E-state index in [1.807, 2.05) is 0 Å². The molecule has 0 saturated carbocycles. The lowest BCUT2D eigenvalue weighted by Gasteiger charge is -2.19. The summed E-state index contributed by atoms with van der Waals surface area (Å²) in [4.78, 5) is 12.8. The molecule has 0 aliphatic carbocycles. The zero-order valence-electron chi connectivity index (χ0n) is 9.59. The summed E-state index contributed by atoms with van der Waals surface area (Å²) >= 11 is 5.81. The van der Waals surface area contributed by atoms with Gasteiger partial charge < -0.3 is 10.6 Å². The smallest absolute Gasteiger partial charge is 0.390 e. The van der Waals surface area contributed by atoms with Crippen LogP contribution in [-0.2, 0) is 0 Å². The fraction of sp³-hybridized carbons (Fsp3) is 0.364. The number of rotatable bonds is 3. The first kappa shape index (κ1) is 14.6. The molecular weight excluding hydrogens is 269 g/mol. The molecule has 3 nitrogen and oxygen atoms in total. The summed E-state index contributed by atoms with van der Waals surface area (Å²) in [5.74, 6) is -0.623. The van der Waals surface area contributed by atoms with E-state index in [1.54, 1.807) is 6.07 Å². The number of carbonyl (C=O) groups is 1. The van der Waals surface area contributed by atoms with Crippen molar-refractivity contribution >= 4 is 23.2 Å². The monoisotopic (exact) mass is 280 g/mol. The molecule has 1 rings (SSSR count). The second-order valence-corrected chi connectivity index (χ2v) is 4.20. The fourth-order valence-electron chi connectivity index (χ4n) is 1.35. The highest BCUT2D eigenvalue weighted by molar-refractivity contribution is 6.34. The van der Waals surface area contributed by atoms with Gasteiger partial charge in [0.15, 0.2) is 0 Å². The number of nitrogen functional groups attached to an aromatic ring is 1. The van der Waals surface area contributed by atoms with Crippen LogP contribution in [0.1, 0.15) is 16.8 Å². The number of carbonyl (C=O) groups excluding carboxylic acids is 1. The van der Waals surface area contributed by atoms with Crippen LogP contribution in [0.3, 0.4) is 0 Å². The minimum atomic E-state index is -4.30. The van der Waals surface area contributed by atoms with Crippen molar-refractivity contribution in [3.63, 3.8) is 0 Å². The van der Waals surface area contributed by atoms with Crippen LogP contribution in [0.5, 0.6) is 0 Å². The Labute approximate surface area is 107 Å². The number of amides is 1. The molecule has 0 unspecified atom stereocenters. The maximum atomic E-state index is 12.1. The number of nitrogens with zero attached hydrogens (tertiary/aromatic N) is 1. The molecular formula is C11H12ClF3N2O. The lowest BCUT2D eigenvalue weighted by molar-refractivity contribution is -0.136. The number of halogens is 4. The molecule has 0 aromatic heterocycles. The summed E-state index contributed by atoms with van der Waals surface area (Å²) in [6, 6.07) is 4.49. The number of hydrogen-bond acceptors (Lipinski definition) is 2. The van der Waals surface area contributed by atoms with Crippen molar-refractivity contribution in [2.45, 2.75) is 12.6 Å². The molecule has 0 fully saturated rings. The van der Waals surface area contributed by atoms with Crippen molar-refractivity contribution in [2.24, 2.45) is 0 Å². The van der Waals surface area contributed by atoms with Crippen molar-refractivity contribution in [2.75, 3.05) is 19.3 Å². The topological polar surface area (TPSA) is 46.3 Å². The molecule has 0 atom stereocenters. The molecule has 0 heterocycles. The standard InChI is InChI=1S/C11H12ClF3N2O/c1-17(6-5-11(13,14)15)10(18)9-7(12)3-2-4-8(9)16/h2-4H,5-6,16H2,1H3. The van der Waals surface area contributed by atoms with Crippen molar-refractivity contribution in [1.82, 2.24) is 4.90 Å². The number of benzene rings is 1. The SMILES string of the molecule is CN(CCC(F)(F)F)C(=O)c1c(N)cccc1Cl. The van der Waals surface area contributed by atoms with Crippen molar-refractivity contribution in [1.29, 1.82) is 0 Å². The maximum absolute atomic E-state index is 12.1. The zero-order chi connectivity index (χ0) is 13.9. The molecule has 1 amide bonds. The lowest BCUT2D eigenvalue weighted by atomic mass is 10.1. The second kappa shape index (κ2) is 5.48. The van der Waals surface area contributed by atoms with Gasteiger partial charge in [-0.1, -0.05) is 17.7 Å². The number of nitrogens with two attached hydrogens (primary N) is 1. The highest BCUT2D eigenvalue weighted by Gasteiger charge is 2.28. The maximum Gasteiger partial charge on any atom is 0.390 e. The predicted molar refractivity (Wildman–Crippen MR) is 63.5 cm³/mol. The van der Waals surface area contributed by atoms with Crippen LogP contribution >= 0.6 is 11.6 Å². The van der Waals surface area contributed by atoms with E-state index < -0.39 is 25.0 Å². The summed E-state index contributed by atoms with van der Waals surface area (Å²) in [6.07, 6.45) is -5.37. The first-order valence-corrected chi connectivity index (χ1v) is 5.46. The van der Waals surface area contributed by atoms with E-state index in [0.717, 1.165) is 4.90 Å². The summed E-state index contributed by atoms with van der Waals surface area (Å²) in [6.45, 7) is -0.438. The molecule has 0 radical (unpaired) electrons. The van der Waals surface area contributed by atoms with E-state index >= 15 is 0 Å². The molecule has 0 saturated heterocycles. The van der Waals surface area contributed by atoms with Gasteiger partial charge in [-0.2, -0.15) is 13.2 Å². The molecule has 100 valence electrons. The average molecular weight is 281 g/mol. The highest BCUT2D eigenvalue weighted by Crippen LogP contribution is 2.24. The van der Waals surface area contributed by atoms with Gasteiger partial charge in [0.25, 0.3) is 5.91 Å². The van der Waals surface area contributed by atoms with Crippen LogP contribution < -0.4 is 5.73 Å². The van der Waals surface area contributed by atoms with E-state index in [1.165, 1.54) is 19.2 Å². The van der Waals surface area contributed by atoms with Crippen LogP contribution in [0.4, 0.5) is 18.9 Å². The Balaban J connectivity index is 2.81. The van der Waals surface area contributed by atoms with Crippen LogP contribution in [0.2, 0.25) is 5.02 Å². The van der Waals surface area contributed by atoms with Crippen LogP contribution in [0.25, 0.3) is 0 Å². The Bertz CT molecular complexity index is 428. The summed E-state index contributed by atoms with van der Waals surface area (Å²) in [5, 5.41) is 0.124. The Hall–Kier alpha value is -1.43. The first-order valence-electron chi connectivity index (χ1n) is 5.08. The van der Waals surface area contributed by atoms with Gasteiger partial charge in [0.05, 0.1) is 17.0 Å². The molecule has 0 aliphatic rings. The third-order valence-electron chi connectivity index (χ3n) is 2.34. The van der Waals surface area contributed by atoms with Crippen molar-refractivity contribution in [3.05, 3.63) is 28.8 Å². The molecule has 0 aliphatic heterocycles. The Kier molecular flexibility index (Phi) is 4.45. The summed E-state index contributed by atoms with van der Waals surface area (Å²) in [5.41, 5.74) is 5.76. The van der Waals surface area contributed by atoms with Gasteiger partial charge in [-0.25, -0.2) is 0 Å². The van der Waals surface area contributed by atoms with Gasteiger partial charge in [0, 0.05) is 19.3 Å². The summed E-state index contributed by atoms with van der Waals surface area (Å²) < 4.78 is 36.2. The fourth-order valence-corrected chi connectivity index (χ4v) is 1.62. The molecule has 18 heavy (non-hydrogen) atoms.